The Labute approximate surface area is 118 Å². The third kappa shape index (κ3) is 3.02. The minimum atomic E-state index is 0.343. The van der Waals surface area contributed by atoms with Crippen molar-refractivity contribution in [1.29, 1.82) is 0 Å². The molecule has 0 amide bonds. The third-order valence-electron chi connectivity index (χ3n) is 5.11. The molecule has 0 bridgehead atoms. The van der Waals surface area contributed by atoms with Crippen LogP contribution in [0.3, 0.4) is 0 Å². The van der Waals surface area contributed by atoms with E-state index >= 15 is 0 Å². The predicted octanol–water partition coefficient (Wildman–Crippen LogP) is 4.72. The van der Waals surface area contributed by atoms with Crippen molar-refractivity contribution in [2.45, 2.75) is 66.0 Å². The molecule has 2 rings (SSSR count). The van der Waals surface area contributed by atoms with Crippen molar-refractivity contribution in [2.24, 2.45) is 11.3 Å². The normalized spacial score (nSPS) is 24.6. The molecular formula is C18H29N. The lowest BCUT2D eigenvalue weighted by Crippen LogP contribution is -2.44. The van der Waals surface area contributed by atoms with E-state index in [9.17, 15) is 0 Å². The van der Waals surface area contributed by atoms with Gasteiger partial charge >= 0.3 is 0 Å². The van der Waals surface area contributed by atoms with Crippen molar-refractivity contribution in [3.63, 3.8) is 0 Å². The first-order chi connectivity index (χ1) is 8.95. The Balaban J connectivity index is 2.25. The molecule has 1 aromatic rings. The molecule has 1 nitrogen and oxygen atoms in total. The van der Waals surface area contributed by atoms with Gasteiger partial charge in [0.25, 0.3) is 0 Å². The van der Waals surface area contributed by atoms with Crippen LogP contribution in [0.15, 0.2) is 24.3 Å². The van der Waals surface area contributed by atoms with E-state index in [4.69, 9.17) is 0 Å². The molecule has 3 unspecified atom stereocenters. The Morgan fingerprint density at radius 2 is 1.95 bits per heavy atom. The third-order valence-corrected chi connectivity index (χ3v) is 5.11. The molecule has 1 aliphatic rings. The molecule has 0 radical (unpaired) electrons. The summed E-state index contributed by atoms with van der Waals surface area (Å²) in [5.41, 5.74) is 3.40. The molecule has 1 aliphatic carbocycles. The van der Waals surface area contributed by atoms with E-state index in [1.807, 2.05) is 0 Å². The van der Waals surface area contributed by atoms with Gasteiger partial charge in [0, 0.05) is 12.1 Å². The summed E-state index contributed by atoms with van der Waals surface area (Å²) in [7, 11) is 0. The monoisotopic (exact) mass is 259 g/mol. The molecule has 0 aliphatic heterocycles. The van der Waals surface area contributed by atoms with Crippen molar-refractivity contribution >= 4 is 0 Å². The van der Waals surface area contributed by atoms with Gasteiger partial charge in [-0.2, -0.15) is 0 Å². The number of benzene rings is 1. The van der Waals surface area contributed by atoms with Gasteiger partial charge in [0.15, 0.2) is 0 Å². The van der Waals surface area contributed by atoms with E-state index in [1.54, 1.807) is 0 Å². The fraction of sp³-hybridized carbons (Fsp3) is 0.667. The average Bonchev–Trinajstić information content (AvgIpc) is 2.41. The molecule has 0 saturated carbocycles. The van der Waals surface area contributed by atoms with Crippen molar-refractivity contribution in [3.8, 4) is 0 Å². The summed E-state index contributed by atoms with van der Waals surface area (Å²) in [6, 6.07) is 10.0. The molecule has 0 spiro atoms. The molecule has 0 fully saturated rings. The van der Waals surface area contributed by atoms with Gasteiger partial charge in [-0.1, -0.05) is 58.4 Å². The van der Waals surface area contributed by atoms with Gasteiger partial charge in [-0.15, -0.1) is 0 Å². The van der Waals surface area contributed by atoms with Crippen molar-refractivity contribution in [3.05, 3.63) is 35.4 Å². The molecule has 0 aromatic heterocycles. The maximum Gasteiger partial charge on any atom is 0.0376 e. The van der Waals surface area contributed by atoms with Crippen LogP contribution in [-0.4, -0.2) is 6.04 Å². The summed E-state index contributed by atoms with van der Waals surface area (Å²) >= 11 is 0. The molecular weight excluding hydrogens is 230 g/mol. The van der Waals surface area contributed by atoms with E-state index in [0.717, 1.165) is 5.92 Å². The highest BCUT2D eigenvalue weighted by molar-refractivity contribution is 5.34. The van der Waals surface area contributed by atoms with E-state index in [-0.39, 0.29) is 0 Å². The summed E-state index contributed by atoms with van der Waals surface area (Å²) in [5, 5.41) is 3.92. The zero-order chi connectivity index (χ0) is 14.0. The Kier molecular flexibility index (Phi) is 4.35. The summed E-state index contributed by atoms with van der Waals surface area (Å²) in [6.45, 7) is 11.8. The number of aryl methyl sites for hydroxylation is 1. The van der Waals surface area contributed by atoms with Crippen LogP contribution in [0.25, 0.3) is 0 Å². The van der Waals surface area contributed by atoms with Crippen LogP contribution in [0.2, 0.25) is 0 Å². The number of hydrogen-bond donors (Lipinski definition) is 1. The fourth-order valence-electron chi connectivity index (χ4n) is 3.16. The molecule has 1 N–H and O–H groups in total. The van der Waals surface area contributed by atoms with E-state index in [0.29, 0.717) is 17.5 Å². The van der Waals surface area contributed by atoms with Crippen molar-refractivity contribution < 1.29 is 0 Å². The first-order valence-corrected chi connectivity index (χ1v) is 7.79. The van der Waals surface area contributed by atoms with Gasteiger partial charge in [-0.25, -0.2) is 0 Å². The SMILES string of the molecule is CCC(C)C(C)NC1c2ccccc2CCC1(C)C. The van der Waals surface area contributed by atoms with E-state index in [2.05, 4.69) is 64.2 Å². The van der Waals surface area contributed by atoms with Crippen LogP contribution in [0.1, 0.15) is 64.6 Å². The van der Waals surface area contributed by atoms with Gasteiger partial charge in [0.05, 0.1) is 0 Å². The van der Waals surface area contributed by atoms with Crippen LogP contribution in [0.4, 0.5) is 0 Å². The first-order valence-electron chi connectivity index (χ1n) is 7.79. The molecule has 19 heavy (non-hydrogen) atoms. The largest absolute Gasteiger partial charge is 0.307 e. The van der Waals surface area contributed by atoms with Gasteiger partial charge in [-0.05, 0) is 42.2 Å². The first kappa shape index (κ1) is 14.6. The lowest BCUT2D eigenvalue weighted by molar-refractivity contribution is 0.181. The zero-order valence-corrected chi connectivity index (χ0v) is 13.2. The minimum Gasteiger partial charge on any atom is -0.307 e. The minimum absolute atomic E-state index is 0.343. The Bertz CT molecular complexity index is 421. The molecule has 3 atom stereocenters. The van der Waals surface area contributed by atoms with Gasteiger partial charge in [-0.3, -0.25) is 0 Å². The van der Waals surface area contributed by atoms with Crippen LogP contribution < -0.4 is 5.32 Å². The average molecular weight is 259 g/mol. The highest BCUT2D eigenvalue weighted by atomic mass is 15.0. The number of rotatable bonds is 4. The quantitative estimate of drug-likeness (QED) is 0.824. The second kappa shape index (κ2) is 5.66. The van der Waals surface area contributed by atoms with Gasteiger partial charge in [0.1, 0.15) is 0 Å². The topological polar surface area (TPSA) is 12.0 Å². The fourth-order valence-corrected chi connectivity index (χ4v) is 3.16. The van der Waals surface area contributed by atoms with Gasteiger partial charge < -0.3 is 5.32 Å². The summed E-state index contributed by atoms with van der Waals surface area (Å²) in [4.78, 5) is 0. The Morgan fingerprint density at radius 3 is 2.63 bits per heavy atom. The van der Waals surface area contributed by atoms with Crippen LogP contribution in [0.5, 0.6) is 0 Å². The second-order valence-electron chi connectivity index (χ2n) is 6.96. The molecule has 1 aromatic carbocycles. The van der Waals surface area contributed by atoms with Crippen LogP contribution in [-0.2, 0) is 6.42 Å². The Morgan fingerprint density at radius 1 is 1.26 bits per heavy atom. The van der Waals surface area contributed by atoms with Crippen LogP contribution >= 0.6 is 0 Å². The molecule has 0 heterocycles. The maximum absolute atomic E-state index is 3.92. The van der Waals surface area contributed by atoms with Gasteiger partial charge in [0.2, 0.25) is 0 Å². The predicted molar refractivity (Wildman–Crippen MR) is 83.3 cm³/mol. The summed E-state index contributed by atoms with van der Waals surface area (Å²) in [5.74, 6) is 0.727. The summed E-state index contributed by atoms with van der Waals surface area (Å²) < 4.78 is 0. The number of nitrogens with one attached hydrogen (secondary N) is 1. The Hall–Kier alpha value is -0.820. The highest BCUT2D eigenvalue weighted by Gasteiger charge is 2.36. The number of hydrogen-bond acceptors (Lipinski definition) is 1. The molecule has 1 heteroatoms. The van der Waals surface area contributed by atoms with E-state index < -0.39 is 0 Å². The molecule has 106 valence electrons. The number of fused-ring (bicyclic) bond motifs is 1. The van der Waals surface area contributed by atoms with Crippen molar-refractivity contribution in [1.82, 2.24) is 5.32 Å². The zero-order valence-electron chi connectivity index (χ0n) is 13.2. The van der Waals surface area contributed by atoms with Crippen molar-refractivity contribution in [2.75, 3.05) is 0 Å². The standard InChI is InChI=1S/C18H29N/c1-6-13(2)14(3)19-17-16-10-8-7-9-15(16)11-12-18(17,4)5/h7-10,13-14,17,19H,6,11-12H2,1-5H3. The van der Waals surface area contributed by atoms with Crippen LogP contribution in [0, 0.1) is 11.3 Å². The second-order valence-corrected chi connectivity index (χ2v) is 6.96. The highest BCUT2D eigenvalue weighted by Crippen LogP contribution is 2.43. The smallest absolute Gasteiger partial charge is 0.0376 e. The lowest BCUT2D eigenvalue weighted by atomic mass is 9.70. The maximum atomic E-state index is 3.92. The molecule has 0 saturated heterocycles. The van der Waals surface area contributed by atoms with E-state index in [1.165, 1.54) is 30.4 Å². The lowest BCUT2D eigenvalue weighted by Gasteiger charge is -2.43. The summed E-state index contributed by atoms with van der Waals surface area (Å²) in [6.07, 6.45) is 3.73.